The standard InChI is InChI=1S/C12H13NO3S/c1-17(16)8-4-7-13-11(14)9-5-2-3-6-10(9)12(13)15/h2-3,5-6H,4,7-8H2,1H3/t17-/m0/s1. The Labute approximate surface area is 102 Å². The molecule has 17 heavy (non-hydrogen) atoms. The molecular formula is C12H13NO3S. The van der Waals surface area contributed by atoms with E-state index in [1.54, 1.807) is 30.5 Å². The molecule has 0 unspecified atom stereocenters. The van der Waals surface area contributed by atoms with E-state index in [1.807, 2.05) is 0 Å². The number of benzene rings is 1. The lowest BCUT2D eigenvalue weighted by Crippen LogP contribution is -2.31. The Kier molecular flexibility index (Phi) is 3.38. The third-order valence-corrected chi connectivity index (χ3v) is 3.56. The van der Waals surface area contributed by atoms with Crippen molar-refractivity contribution >= 4 is 22.6 Å². The van der Waals surface area contributed by atoms with Crippen molar-refractivity contribution in [3.63, 3.8) is 0 Å². The van der Waals surface area contributed by atoms with Crippen LogP contribution in [0.5, 0.6) is 0 Å². The number of hydrogen-bond acceptors (Lipinski definition) is 3. The molecule has 0 bridgehead atoms. The first-order chi connectivity index (χ1) is 8.11. The van der Waals surface area contributed by atoms with Gasteiger partial charge in [-0.05, 0) is 18.6 Å². The molecule has 0 saturated heterocycles. The molecule has 90 valence electrons. The second-order valence-electron chi connectivity index (χ2n) is 3.94. The minimum Gasteiger partial charge on any atom is -0.274 e. The fourth-order valence-corrected chi connectivity index (χ4v) is 2.40. The van der Waals surface area contributed by atoms with Gasteiger partial charge in [-0.3, -0.25) is 18.7 Å². The van der Waals surface area contributed by atoms with Crippen LogP contribution in [0.15, 0.2) is 24.3 Å². The van der Waals surface area contributed by atoms with E-state index < -0.39 is 10.8 Å². The molecule has 0 aliphatic carbocycles. The van der Waals surface area contributed by atoms with Crippen LogP contribution in [0.25, 0.3) is 0 Å². The highest BCUT2D eigenvalue weighted by Crippen LogP contribution is 2.22. The van der Waals surface area contributed by atoms with Gasteiger partial charge in [0.15, 0.2) is 0 Å². The third-order valence-electron chi connectivity index (χ3n) is 2.69. The molecule has 1 aromatic rings. The molecule has 0 aromatic heterocycles. The molecule has 2 rings (SSSR count). The number of nitrogens with zero attached hydrogens (tertiary/aromatic N) is 1. The Hall–Kier alpha value is -1.49. The summed E-state index contributed by atoms with van der Waals surface area (Å²) in [6, 6.07) is 6.81. The van der Waals surface area contributed by atoms with Crippen LogP contribution in [0.2, 0.25) is 0 Å². The van der Waals surface area contributed by atoms with Crippen molar-refractivity contribution < 1.29 is 13.8 Å². The lowest BCUT2D eigenvalue weighted by atomic mass is 10.1. The van der Waals surface area contributed by atoms with E-state index >= 15 is 0 Å². The summed E-state index contributed by atoms with van der Waals surface area (Å²) in [6.45, 7) is 0.339. The van der Waals surface area contributed by atoms with E-state index in [0.717, 1.165) is 0 Å². The number of carbonyl (C=O) groups excluding carboxylic acids is 2. The minimum atomic E-state index is -0.888. The van der Waals surface area contributed by atoms with Crippen LogP contribution in [0.1, 0.15) is 27.1 Å². The van der Waals surface area contributed by atoms with Gasteiger partial charge in [0.1, 0.15) is 0 Å². The van der Waals surface area contributed by atoms with Gasteiger partial charge in [0, 0.05) is 29.4 Å². The predicted molar refractivity (Wildman–Crippen MR) is 65.4 cm³/mol. The molecule has 0 radical (unpaired) electrons. The molecule has 1 aromatic carbocycles. The van der Waals surface area contributed by atoms with Crippen LogP contribution in [0, 0.1) is 0 Å². The van der Waals surface area contributed by atoms with Gasteiger partial charge in [-0.25, -0.2) is 0 Å². The maximum absolute atomic E-state index is 11.9. The molecule has 1 aliphatic rings. The average molecular weight is 251 g/mol. The molecule has 0 spiro atoms. The first-order valence-electron chi connectivity index (χ1n) is 5.36. The first kappa shape index (κ1) is 12.0. The number of hydrogen-bond donors (Lipinski definition) is 0. The fourth-order valence-electron chi connectivity index (χ4n) is 1.87. The summed E-state index contributed by atoms with van der Waals surface area (Å²) in [5, 5.41) is 0. The van der Waals surface area contributed by atoms with E-state index in [0.29, 0.717) is 29.8 Å². The number of imide groups is 1. The van der Waals surface area contributed by atoms with Gasteiger partial charge >= 0.3 is 0 Å². The highest BCUT2D eigenvalue weighted by Gasteiger charge is 2.34. The van der Waals surface area contributed by atoms with Crippen molar-refractivity contribution in [3.8, 4) is 0 Å². The van der Waals surface area contributed by atoms with Gasteiger partial charge in [0.25, 0.3) is 11.8 Å². The highest BCUT2D eigenvalue weighted by atomic mass is 32.2. The summed E-state index contributed by atoms with van der Waals surface area (Å²) in [7, 11) is -0.888. The molecule has 0 fully saturated rings. The number of rotatable bonds is 4. The monoisotopic (exact) mass is 251 g/mol. The lowest BCUT2D eigenvalue weighted by molar-refractivity contribution is 0.0654. The topological polar surface area (TPSA) is 54.5 Å². The number of carbonyl (C=O) groups is 2. The Morgan fingerprint density at radius 3 is 2.12 bits per heavy atom. The Balaban J connectivity index is 2.11. The van der Waals surface area contributed by atoms with Crippen LogP contribution in [-0.4, -0.2) is 39.5 Å². The van der Waals surface area contributed by atoms with E-state index in [-0.39, 0.29) is 11.8 Å². The maximum atomic E-state index is 11.9. The molecule has 1 aliphatic heterocycles. The van der Waals surface area contributed by atoms with Crippen LogP contribution in [-0.2, 0) is 10.8 Å². The smallest absolute Gasteiger partial charge is 0.261 e. The minimum absolute atomic E-state index is 0.243. The summed E-state index contributed by atoms with van der Waals surface area (Å²) in [5.74, 6) is 0.0212. The molecular weight excluding hydrogens is 238 g/mol. The quantitative estimate of drug-likeness (QED) is 0.752. The van der Waals surface area contributed by atoms with Crippen LogP contribution < -0.4 is 0 Å². The van der Waals surface area contributed by atoms with E-state index in [2.05, 4.69) is 0 Å². The largest absolute Gasteiger partial charge is 0.274 e. The van der Waals surface area contributed by atoms with Crippen LogP contribution >= 0.6 is 0 Å². The molecule has 2 amide bonds. The van der Waals surface area contributed by atoms with E-state index in [9.17, 15) is 13.8 Å². The summed E-state index contributed by atoms with van der Waals surface area (Å²) in [5.41, 5.74) is 0.935. The lowest BCUT2D eigenvalue weighted by Gasteiger charge is -2.12. The van der Waals surface area contributed by atoms with Crippen molar-refractivity contribution in [1.82, 2.24) is 4.90 Å². The predicted octanol–water partition coefficient (Wildman–Crippen LogP) is 1.05. The van der Waals surface area contributed by atoms with Gasteiger partial charge in [-0.1, -0.05) is 12.1 Å². The van der Waals surface area contributed by atoms with Crippen molar-refractivity contribution in [2.75, 3.05) is 18.6 Å². The zero-order valence-electron chi connectivity index (χ0n) is 9.51. The second-order valence-corrected chi connectivity index (χ2v) is 5.49. The van der Waals surface area contributed by atoms with Crippen molar-refractivity contribution in [1.29, 1.82) is 0 Å². The van der Waals surface area contributed by atoms with Crippen LogP contribution in [0.4, 0.5) is 0 Å². The Morgan fingerprint density at radius 2 is 1.65 bits per heavy atom. The highest BCUT2D eigenvalue weighted by molar-refractivity contribution is 7.84. The maximum Gasteiger partial charge on any atom is 0.261 e. The normalized spacial score (nSPS) is 16.2. The SMILES string of the molecule is C[S@](=O)CCCN1C(=O)c2ccccc2C1=O. The van der Waals surface area contributed by atoms with Gasteiger partial charge in [0.2, 0.25) is 0 Å². The zero-order valence-corrected chi connectivity index (χ0v) is 10.3. The van der Waals surface area contributed by atoms with Crippen LogP contribution in [0.3, 0.4) is 0 Å². The first-order valence-corrected chi connectivity index (χ1v) is 7.09. The Bertz CT molecular complexity index is 463. The van der Waals surface area contributed by atoms with E-state index in [4.69, 9.17) is 0 Å². The van der Waals surface area contributed by atoms with Crippen molar-refractivity contribution in [2.24, 2.45) is 0 Å². The van der Waals surface area contributed by atoms with Gasteiger partial charge in [-0.15, -0.1) is 0 Å². The average Bonchev–Trinajstić information content (AvgIpc) is 2.54. The molecule has 4 nitrogen and oxygen atoms in total. The molecule has 0 N–H and O–H groups in total. The molecule has 1 heterocycles. The molecule has 0 saturated carbocycles. The number of fused-ring (bicyclic) bond motifs is 1. The summed E-state index contributed by atoms with van der Waals surface area (Å²) in [6.07, 6.45) is 2.19. The van der Waals surface area contributed by atoms with Gasteiger partial charge < -0.3 is 0 Å². The second kappa shape index (κ2) is 4.79. The molecule has 1 atom stereocenters. The van der Waals surface area contributed by atoms with Crippen molar-refractivity contribution in [2.45, 2.75) is 6.42 Å². The summed E-state index contributed by atoms with van der Waals surface area (Å²) in [4.78, 5) is 25.1. The zero-order chi connectivity index (χ0) is 12.4. The molecule has 5 heteroatoms. The van der Waals surface area contributed by atoms with E-state index in [1.165, 1.54) is 4.90 Å². The summed E-state index contributed by atoms with van der Waals surface area (Å²) < 4.78 is 10.9. The van der Waals surface area contributed by atoms with Crippen molar-refractivity contribution in [3.05, 3.63) is 35.4 Å². The third kappa shape index (κ3) is 2.29. The van der Waals surface area contributed by atoms with Gasteiger partial charge in [-0.2, -0.15) is 0 Å². The van der Waals surface area contributed by atoms with Gasteiger partial charge in [0.05, 0.1) is 11.1 Å². The fraction of sp³-hybridized carbons (Fsp3) is 0.333. The Morgan fingerprint density at radius 1 is 1.12 bits per heavy atom. The summed E-state index contributed by atoms with van der Waals surface area (Å²) >= 11 is 0. The number of amides is 2.